The van der Waals surface area contributed by atoms with E-state index in [9.17, 15) is 39.9 Å². The van der Waals surface area contributed by atoms with Crippen LogP contribution in [-0.4, -0.2) is 197 Å². The maximum Gasteiger partial charge on any atom is 0.341 e. The molecule has 18 atom stereocenters. The highest BCUT2D eigenvalue weighted by Gasteiger charge is 2.53. The lowest BCUT2D eigenvalue weighted by Crippen LogP contribution is -2.61. The molecule has 5 N–H and O–H groups in total. The molecular weight excluding hydrogens is 1010 g/mol. The Morgan fingerprint density at radius 1 is 0.949 bits per heavy atom. The molecule has 5 heterocycles. The smallest absolute Gasteiger partial charge is 0.341 e. The van der Waals surface area contributed by atoms with Crippen molar-refractivity contribution in [2.45, 2.75) is 218 Å². The third-order valence-corrected chi connectivity index (χ3v) is 16.9. The number of aromatic nitrogens is 1. The molecule has 0 aliphatic carbocycles. The Kier molecular flexibility index (Phi) is 20.9. The normalized spacial score (nSPS) is 38.2. The first-order valence-corrected chi connectivity index (χ1v) is 27.7. The van der Waals surface area contributed by atoms with E-state index in [0.29, 0.717) is 37.1 Å². The van der Waals surface area contributed by atoms with Crippen molar-refractivity contribution in [3.05, 3.63) is 45.2 Å². The minimum atomic E-state index is -1.85. The number of aliphatic hydroxyl groups excluding tert-OH is 2. The van der Waals surface area contributed by atoms with E-state index in [-0.39, 0.29) is 68.1 Å². The zero-order valence-corrected chi connectivity index (χ0v) is 48.9. The molecule has 6 rings (SSSR count). The lowest BCUT2D eigenvalue weighted by atomic mass is 9.77. The molecule has 440 valence electrons. The summed E-state index contributed by atoms with van der Waals surface area (Å²) in [5.41, 5.74) is -4.33. The minimum Gasteiger partial charge on any atom is -0.477 e. The molecule has 3 fully saturated rings. The highest BCUT2D eigenvalue weighted by molar-refractivity contribution is 5.94. The van der Waals surface area contributed by atoms with E-state index >= 15 is 0 Å². The van der Waals surface area contributed by atoms with Crippen molar-refractivity contribution in [2.75, 3.05) is 54.6 Å². The zero-order chi connectivity index (χ0) is 58.0. The summed E-state index contributed by atoms with van der Waals surface area (Å²) in [7, 11) is 7.19. The monoisotopic (exact) mass is 1100 g/mol. The number of methoxy groups -OCH3 is 1. The maximum absolute atomic E-state index is 14.6. The molecule has 78 heavy (non-hydrogen) atoms. The van der Waals surface area contributed by atoms with Crippen LogP contribution in [0.2, 0.25) is 0 Å². The van der Waals surface area contributed by atoms with Gasteiger partial charge in [-0.05, 0) is 127 Å². The predicted octanol–water partition coefficient (Wildman–Crippen LogP) is 4.62. The first kappa shape index (κ1) is 63.6. The van der Waals surface area contributed by atoms with Gasteiger partial charge in [-0.25, -0.2) is 4.79 Å². The molecule has 3 saturated heterocycles. The third-order valence-electron chi connectivity index (χ3n) is 16.9. The van der Waals surface area contributed by atoms with Crippen LogP contribution in [-0.2, 0) is 59.8 Å². The molecule has 4 aliphatic rings. The van der Waals surface area contributed by atoms with E-state index < -0.39 is 113 Å². The second-order valence-electron chi connectivity index (χ2n) is 24.0. The molecule has 0 amide bonds. The minimum absolute atomic E-state index is 0.0842. The average Bonchev–Trinajstić information content (AvgIpc) is 3.36. The number of likely N-dealkylation sites (N-methyl/N-ethyl adjacent to an activating group) is 2. The number of esters is 1. The summed E-state index contributed by atoms with van der Waals surface area (Å²) >= 11 is 0. The van der Waals surface area contributed by atoms with Crippen molar-refractivity contribution in [2.24, 2.45) is 17.8 Å². The number of pyridine rings is 1. The van der Waals surface area contributed by atoms with Crippen LogP contribution in [0.25, 0.3) is 10.9 Å². The van der Waals surface area contributed by atoms with Gasteiger partial charge in [-0.1, -0.05) is 32.6 Å². The van der Waals surface area contributed by atoms with Crippen LogP contribution in [0.5, 0.6) is 0 Å². The lowest BCUT2D eigenvalue weighted by Gasteiger charge is -2.49. The van der Waals surface area contributed by atoms with Crippen LogP contribution in [0.4, 0.5) is 0 Å². The second kappa shape index (κ2) is 25.7. The Morgan fingerprint density at radius 3 is 2.28 bits per heavy atom. The summed E-state index contributed by atoms with van der Waals surface area (Å²) in [6.07, 6.45) is -6.32. The molecule has 0 spiro atoms. The topological polar surface area (TPSA) is 247 Å². The summed E-state index contributed by atoms with van der Waals surface area (Å²) < 4.78 is 59.1. The molecule has 0 saturated carbocycles. The van der Waals surface area contributed by atoms with E-state index in [1.165, 1.54) is 13.1 Å². The molecule has 2 aromatic rings. The number of nitrogens with zero attached hydrogens (tertiary/aromatic N) is 3. The summed E-state index contributed by atoms with van der Waals surface area (Å²) in [5, 5.41) is 58.2. The molecule has 0 unspecified atom stereocenters. The number of aliphatic hydroxyl groups is 4. The summed E-state index contributed by atoms with van der Waals surface area (Å²) in [5.74, 6) is 1.97. The van der Waals surface area contributed by atoms with E-state index in [1.54, 1.807) is 45.4 Å². The van der Waals surface area contributed by atoms with Crippen LogP contribution in [0, 0.1) is 29.6 Å². The Bertz CT molecular complexity index is 2510. The van der Waals surface area contributed by atoms with Crippen LogP contribution < -0.4 is 5.43 Å². The summed E-state index contributed by atoms with van der Waals surface area (Å²) in [4.78, 5) is 43.7. The summed E-state index contributed by atoms with van der Waals surface area (Å²) in [6.45, 7) is 22.8. The molecule has 1 aromatic heterocycles. The van der Waals surface area contributed by atoms with Crippen molar-refractivity contribution in [3.8, 4) is 11.8 Å². The number of benzene rings is 1. The number of carbonyl (C=O) groups excluding carboxylic acids is 1. The number of ether oxygens (including phenoxy) is 9. The second-order valence-corrected chi connectivity index (χ2v) is 24.0. The first-order valence-electron chi connectivity index (χ1n) is 27.7. The van der Waals surface area contributed by atoms with Crippen molar-refractivity contribution in [3.63, 3.8) is 0 Å². The quantitative estimate of drug-likeness (QED) is 0.0984. The zero-order valence-electron chi connectivity index (χ0n) is 48.9. The number of carbonyl (C=O) groups is 2. The van der Waals surface area contributed by atoms with E-state index in [1.807, 2.05) is 85.5 Å². The largest absolute Gasteiger partial charge is 0.477 e. The van der Waals surface area contributed by atoms with Gasteiger partial charge in [0.2, 0.25) is 5.43 Å². The molecule has 0 bridgehead atoms. The van der Waals surface area contributed by atoms with Gasteiger partial charge < -0.3 is 82.5 Å². The Labute approximate surface area is 460 Å². The fourth-order valence-electron chi connectivity index (χ4n) is 12.3. The number of hydrogen-bond donors (Lipinski definition) is 5. The number of carboxylic acid groups (broad SMARTS) is 1. The van der Waals surface area contributed by atoms with Gasteiger partial charge in [-0.3, -0.25) is 9.59 Å². The van der Waals surface area contributed by atoms with Crippen LogP contribution >= 0.6 is 0 Å². The van der Waals surface area contributed by atoms with Gasteiger partial charge in [0.25, 0.3) is 0 Å². The highest BCUT2D eigenvalue weighted by Crippen LogP contribution is 2.41. The van der Waals surface area contributed by atoms with Gasteiger partial charge >= 0.3 is 11.9 Å². The Morgan fingerprint density at radius 2 is 1.64 bits per heavy atom. The van der Waals surface area contributed by atoms with Crippen molar-refractivity contribution in [1.29, 1.82) is 0 Å². The van der Waals surface area contributed by atoms with Crippen molar-refractivity contribution >= 4 is 22.8 Å². The number of carboxylic acids is 1. The van der Waals surface area contributed by atoms with Crippen LogP contribution in [0.1, 0.15) is 137 Å². The third kappa shape index (κ3) is 14.0. The average molecular weight is 1100 g/mol. The lowest BCUT2D eigenvalue weighted by molar-refractivity contribution is -0.320. The van der Waals surface area contributed by atoms with Gasteiger partial charge in [-0.15, -0.1) is 0 Å². The van der Waals surface area contributed by atoms with Gasteiger partial charge in [0.15, 0.2) is 12.6 Å². The number of aromatic carboxylic acids is 1. The summed E-state index contributed by atoms with van der Waals surface area (Å²) in [6, 6.07) is 2.56. The van der Waals surface area contributed by atoms with E-state index in [2.05, 4.69) is 11.8 Å². The fraction of sp³-hybridized carbons (Fsp3) is 0.776. The molecule has 0 radical (unpaired) electrons. The maximum atomic E-state index is 14.6. The van der Waals surface area contributed by atoms with Crippen LogP contribution in [0.15, 0.2) is 23.1 Å². The van der Waals surface area contributed by atoms with Crippen molar-refractivity contribution < 1.29 is 77.8 Å². The SMILES string of the molecule is CC[C@H]1OC(=O)[C@H](C)[C@@H](O[C@H]2C[C@@](C)(OC)[C@@H](OCCCOCC#Cc3cc4c5c(c3)c(=O)c(C(=O)O)cn5C(C)(C)OC4)[C@H](C)O2)[C@H](C)[C@@H](O[C@@H]2O[C@H](C)C[C@H](N(C)C)[C@H]2O)[C@](C)(O)C[C@@H](C)CN(C)[C@H](C)[C@@H](O)[C@]1(C)O. The molecule has 20 heteroatoms. The predicted molar refractivity (Wildman–Crippen MR) is 290 cm³/mol. The molecule has 20 nitrogen and oxygen atoms in total. The molecular formula is C58H91N3O17. The van der Waals surface area contributed by atoms with Gasteiger partial charge in [0, 0.05) is 67.4 Å². The van der Waals surface area contributed by atoms with Crippen LogP contribution in [0.3, 0.4) is 0 Å². The first-order chi connectivity index (χ1) is 36.4. The molecule has 1 aromatic carbocycles. The van der Waals surface area contributed by atoms with Gasteiger partial charge in [-0.2, -0.15) is 0 Å². The Balaban J connectivity index is 1.19. The molecule has 4 aliphatic heterocycles. The number of hydrogen-bond acceptors (Lipinski definition) is 18. The van der Waals surface area contributed by atoms with E-state index in [4.69, 9.17) is 42.6 Å². The Hall–Kier alpha value is -3.63. The fourth-order valence-corrected chi connectivity index (χ4v) is 12.3. The number of cyclic esters (lactones) is 1. The highest BCUT2D eigenvalue weighted by atomic mass is 16.7. The van der Waals surface area contributed by atoms with Gasteiger partial charge in [0.1, 0.15) is 47.9 Å². The standard InChI is InChI=1S/C58H91N3O17/c1-17-43-58(12,69)49(64)36(6)60(15)29-32(2)27-56(10,68)50(78-54-47(63)42(59(13)14)24-33(3)74-54)34(4)48(35(5)53(67)76-43)77-44-28-57(11,70-16)51(37(7)75-44)72-23-19-22-71-21-18-20-38-25-39-31-73-55(8,9)61-30-41(52(65)66)46(62)40(26-38)45(39)61/h25-26,30,32-37,42-44,47-51,54,63-64,68-69H,17,19,21-24,27-29,31H2,1-16H3,(H,65,66)/t32-,33-,34+,35-,36-,37+,42+,43-,44+,47-,48+,49-,50-,51+,54+,56-,57-,58-/m1/s1. The van der Waals surface area contributed by atoms with E-state index in [0.717, 1.165) is 5.56 Å². The van der Waals surface area contributed by atoms with Crippen molar-refractivity contribution in [1.82, 2.24) is 14.4 Å². The number of rotatable bonds is 14. The van der Waals surface area contributed by atoms with Gasteiger partial charge in [0.05, 0.1) is 60.3 Å².